The summed E-state index contributed by atoms with van der Waals surface area (Å²) in [4.78, 5) is 18.3. The molecule has 1 atom stereocenters. The van der Waals surface area contributed by atoms with Gasteiger partial charge < -0.3 is 19.5 Å². The molecule has 0 fully saturated rings. The number of ether oxygens (including phenoxy) is 3. The number of hydrogen-bond acceptors (Lipinski definition) is 8. The standard InChI is InChI=1S/C31H31ClN4O4S/c1-4-38-26-17-23(13-16-25(26)39-18-22-11-14-24(32)15-12-22)28-27(29(37)40-19-21-9-7-6-8-10-21)20(3)33-30-34-31(41-5-2)35-36(28)30/h6-17,28H,4-5,18-19H2,1-3H3,(H,33,34,35). The number of carbonyl (C=O) groups is 1. The summed E-state index contributed by atoms with van der Waals surface area (Å²) in [5.74, 6) is 2.10. The third-order valence-corrected chi connectivity index (χ3v) is 7.40. The van der Waals surface area contributed by atoms with Crippen LogP contribution in [0.3, 0.4) is 0 Å². The van der Waals surface area contributed by atoms with Crippen molar-refractivity contribution in [2.75, 3.05) is 17.7 Å². The normalized spacial score (nSPS) is 14.3. The maximum absolute atomic E-state index is 13.6. The van der Waals surface area contributed by atoms with Crippen molar-refractivity contribution in [2.45, 2.75) is 45.2 Å². The fourth-order valence-corrected chi connectivity index (χ4v) is 5.20. The Balaban J connectivity index is 1.49. The highest BCUT2D eigenvalue weighted by molar-refractivity contribution is 7.99. The van der Waals surface area contributed by atoms with Gasteiger partial charge in [0.15, 0.2) is 11.5 Å². The average molecular weight is 591 g/mol. The molecule has 1 aromatic heterocycles. The Morgan fingerprint density at radius 2 is 1.73 bits per heavy atom. The molecular weight excluding hydrogens is 560 g/mol. The number of halogens is 1. The molecule has 2 heterocycles. The van der Waals surface area contributed by atoms with Gasteiger partial charge in [-0.05, 0) is 60.6 Å². The van der Waals surface area contributed by atoms with Gasteiger partial charge in [0.25, 0.3) is 0 Å². The molecule has 1 N–H and O–H groups in total. The van der Waals surface area contributed by atoms with Crippen LogP contribution in [0, 0.1) is 0 Å². The topological polar surface area (TPSA) is 87.5 Å². The predicted molar refractivity (Wildman–Crippen MR) is 161 cm³/mol. The molecule has 1 unspecified atom stereocenters. The highest BCUT2D eigenvalue weighted by Crippen LogP contribution is 2.40. The fourth-order valence-electron chi connectivity index (χ4n) is 4.52. The average Bonchev–Trinajstić information content (AvgIpc) is 3.38. The van der Waals surface area contributed by atoms with Crippen molar-refractivity contribution in [3.8, 4) is 11.5 Å². The van der Waals surface area contributed by atoms with E-state index in [2.05, 4.69) is 10.3 Å². The minimum atomic E-state index is -0.585. The fraction of sp³-hybridized carbons (Fsp3) is 0.258. The molecule has 0 aliphatic carbocycles. The van der Waals surface area contributed by atoms with Crippen molar-refractivity contribution in [2.24, 2.45) is 0 Å². The minimum absolute atomic E-state index is 0.159. The van der Waals surface area contributed by atoms with Gasteiger partial charge >= 0.3 is 5.97 Å². The van der Waals surface area contributed by atoms with E-state index in [1.807, 2.05) is 93.6 Å². The van der Waals surface area contributed by atoms with Crippen LogP contribution in [-0.2, 0) is 22.7 Å². The van der Waals surface area contributed by atoms with E-state index in [0.29, 0.717) is 52.1 Å². The van der Waals surface area contributed by atoms with Crippen LogP contribution < -0.4 is 14.8 Å². The van der Waals surface area contributed by atoms with Gasteiger partial charge in [0, 0.05) is 10.7 Å². The van der Waals surface area contributed by atoms with Gasteiger partial charge in [-0.15, -0.1) is 5.10 Å². The van der Waals surface area contributed by atoms with Crippen molar-refractivity contribution in [1.82, 2.24) is 14.8 Å². The highest BCUT2D eigenvalue weighted by Gasteiger charge is 2.36. The molecule has 41 heavy (non-hydrogen) atoms. The van der Waals surface area contributed by atoms with Gasteiger partial charge in [0.1, 0.15) is 19.3 Å². The minimum Gasteiger partial charge on any atom is -0.490 e. The quantitative estimate of drug-likeness (QED) is 0.147. The summed E-state index contributed by atoms with van der Waals surface area (Å²) in [6.07, 6.45) is 0. The second-order valence-corrected chi connectivity index (χ2v) is 10.9. The molecule has 0 spiro atoms. The number of nitrogens with one attached hydrogen (secondary N) is 1. The molecule has 1 aliphatic rings. The SMILES string of the molecule is CCOc1cc(C2C(C(=O)OCc3ccccc3)=C(C)Nc3nc(SCC)nn32)ccc1OCc1ccc(Cl)cc1. The second kappa shape index (κ2) is 13.1. The molecule has 5 rings (SSSR count). The van der Waals surface area contributed by atoms with Gasteiger partial charge in [-0.1, -0.05) is 78.8 Å². The van der Waals surface area contributed by atoms with Crippen LogP contribution in [0.4, 0.5) is 5.95 Å². The zero-order valence-corrected chi connectivity index (χ0v) is 24.7. The summed E-state index contributed by atoms with van der Waals surface area (Å²) in [6.45, 7) is 6.77. The van der Waals surface area contributed by atoms with Gasteiger partial charge in [0.05, 0.1) is 12.2 Å². The van der Waals surface area contributed by atoms with E-state index in [0.717, 1.165) is 22.4 Å². The predicted octanol–water partition coefficient (Wildman–Crippen LogP) is 7.05. The van der Waals surface area contributed by atoms with Crippen LogP contribution in [0.1, 0.15) is 43.5 Å². The smallest absolute Gasteiger partial charge is 0.338 e. The summed E-state index contributed by atoms with van der Waals surface area (Å²) in [6, 6.07) is 22.2. The number of carbonyl (C=O) groups excluding carboxylic acids is 1. The highest BCUT2D eigenvalue weighted by atomic mass is 35.5. The van der Waals surface area contributed by atoms with Crippen LogP contribution in [-0.4, -0.2) is 33.1 Å². The van der Waals surface area contributed by atoms with Crippen LogP contribution in [0.25, 0.3) is 0 Å². The lowest BCUT2D eigenvalue weighted by molar-refractivity contribution is -0.140. The molecule has 0 bridgehead atoms. The molecule has 4 aromatic rings. The number of fused-ring (bicyclic) bond motifs is 1. The molecule has 0 radical (unpaired) electrons. The third kappa shape index (κ3) is 6.69. The number of hydrogen-bond donors (Lipinski definition) is 1. The number of nitrogens with zero attached hydrogens (tertiary/aromatic N) is 3. The van der Waals surface area contributed by atoms with Crippen molar-refractivity contribution in [3.05, 3.63) is 106 Å². The number of esters is 1. The van der Waals surface area contributed by atoms with Crippen LogP contribution >= 0.6 is 23.4 Å². The maximum atomic E-state index is 13.6. The molecule has 0 saturated carbocycles. The van der Waals surface area contributed by atoms with E-state index >= 15 is 0 Å². The van der Waals surface area contributed by atoms with Gasteiger partial charge in [0.2, 0.25) is 11.1 Å². The van der Waals surface area contributed by atoms with E-state index in [1.165, 1.54) is 11.8 Å². The zero-order chi connectivity index (χ0) is 28.8. The molecule has 0 saturated heterocycles. The number of rotatable bonds is 11. The molecule has 10 heteroatoms. The zero-order valence-electron chi connectivity index (χ0n) is 23.1. The van der Waals surface area contributed by atoms with E-state index in [9.17, 15) is 4.79 Å². The van der Waals surface area contributed by atoms with Crippen molar-refractivity contribution >= 4 is 35.3 Å². The summed E-state index contributed by atoms with van der Waals surface area (Å²) in [5, 5.41) is 9.29. The summed E-state index contributed by atoms with van der Waals surface area (Å²) in [5.41, 5.74) is 3.78. The third-order valence-electron chi connectivity index (χ3n) is 6.43. The Hall–Kier alpha value is -3.95. The molecular formula is C31H31ClN4O4S. The Labute approximate surface area is 248 Å². The molecule has 3 aromatic carbocycles. The van der Waals surface area contributed by atoms with Crippen molar-refractivity contribution < 1.29 is 19.0 Å². The van der Waals surface area contributed by atoms with Crippen molar-refractivity contribution in [1.29, 1.82) is 0 Å². The van der Waals surface area contributed by atoms with Gasteiger partial charge in [-0.3, -0.25) is 0 Å². The lowest BCUT2D eigenvalue weighted by atomic mass is 9.95. The first-order valence-corrected chi connectivity index (χ1v) is 14.7. The van der Waals surface area contributed by atoms with Gasteiger partial charge in [-0.25, -0.2) is 9.48 Å². The first kappa shape index (κ1) is 28.6. The number of thioether (sulfide) groups is 1. The van der Waals surface area contributed by atoms with E-state index in [-0.39, 0.29) is 6.61 Å². The molecule has 0 amide bonds. The monoisotopic (exact) mass is 590 g/mol. The van der Waals surface area contributed by atoms with E-state index in [1.54, 1.807) is 4.68 Å². The number of allylic oxidation sites excluding steroid dienone is 1. The van der Waals surface area contributed by atoms with Crippen LogP contribution in [0.5, 0.6) is 11.5 Å². The summed E-state index contributed by atoms with van der Waals surface area (Å²) < 4.78 is 19.6. The molecule has 212 valence electrons. The lowest BCUT2D eigenvalue weighted by Gasteiger charge is -2.28. The first-order chi connectivity index (χ1) is 20.0. The lowest BCUT2D eigenvalue weighted by Crippen LogP contribution is -2.29. The van der Waals surface area contributed by atoms with E-state index in [4.69, 9.17) is 30.9 Å². The van der Waals surface area contributed by atoms with Crippen LogP contribution in [0.15, 0.2) is 89.2 Å². The Kier molecular flexibility index (Phi) is 9.16. The number of benzene rings is 3. The van der Waals surface area contributed by atoms with E-state index < -0.39 is 12.0 Å². The maximum Gasteiger partial charge on any atom is 0.338 e. The second-order valence-electron chi connectivity index (χ2n) is 9.28. The Morgan fingerprint density at radius 3 is 2.46 bits per heavy atom. The number of aromatic nitrogens is 3. The first-order valence-electron chi connectivity index (χ1n) is 13.4. The molecule has 1 aliphatic heterocycles. The Morgan fingerprint density at radius 1 is 0.976 bits per heavy atom. The summed E-state index contributed by atoms with van der Waals surface area (Å²) >= 11 is 7.55. The largest absolute Gasteiger partial charge is 0.490 e. The van der Waals surface area contributed by atoms with Crippen molar-refractivity contribution in [3.63, 3.8) is 0 Å². The van der Waals surface area contributed by atoms with Crippen LogP contribution in [0.2, 0.25) is 5.02 Å². The van der Waals surface area contributed by atoms with Gasteiger partial charge in [-0.2, -0.15) is 4.98 Å². The summed E-state index contributed by atoms with van der Waals surface area (Å²) in [7, 11) is 0. The number of anilines is 1. The molecule has 8 nitrogen and oxygen atoms in total. The Bertz CT molecular complexity index is 1540.